The fourth-order valence-corrected chi connectivity index (χ4v) is 8.24. The molecule has 7 rings (SSSR count). The molecule has 262 valence electrons. The molecule has 13 nitrogen and oxygen atoms in total. The molecule has 15 heteroatoms. The third-order valence-corrected chi connectivity index (χ3v) is 11.6. The first-order valence-electron chi connectivity index (χ1n) is 16.8. The molecule has 3 amide bonds. The van der Waals surface area contributed by atoms with Gasteiger partial charge in [-0.2, -0.15) is 0 Å². The summed E-state index contributed by atoms with van der Waals surface area (Å²) in [5.74, 6) is -3.53. The van der Waals surface area contributed by atoms with Gasteiger partial charge in [-0.3, -0.25) is 29.0 Å². The number of nitrogens with one attached hydrogen (secondary N) is 2. The number of carbonyl (C=O) groups is 4. The van der Waals surface area contributed by atoms with Crippen LogP contribution in [0.4, 0.5) is 9.18 Å². The van der Waals surface area contributed by atoms with Gasteiger partial charge >= 0.3 is 6.09 Å². The molecule has 1 unspecified atom stereocenters. The predicted octanol–water partition coefficient (Wildman–Crippen LogP) is 4.35. The van der Waals surface area contributed by atoms with E-state index in [0.29, 0.717) is 54.8 Å². The molecule has 2 aliphatic heterocycles. The standard InChI is InChI=1S/C35H36FN5O8S/c36-20-9-12-22-23-6-2-4-7-26(23)38-34(24(22)16-20)49-32-14-13-30(42)27(39-35(45)46)8-3-1-5-19-15-28(19)37-18-29-25(17-31(43)41(29)32)33(44)40-50(47,48)21-10-11-21/h2,4,6-7,9,12,16,18,21,25,27,29,32,39H,1,3,5,8,10-11,13-15,17H2,(H,40,44)(H,45,46)/t25-,27+,29-,32?/m1/s1. The van der Waals surface area contributed by atoms with E-state index in [4.69, 9.17) is 4.74 Å². The number of rotatable bonds is 6. The monoisotopic (exact) mass is 705 g/mol. The summed E-state index contributed by atoms with van der Waals surface area (Å²) in [7, 11) is -3.93. The van der Waals surface area contributed by atoms with Crippen LogP contribution in [0.3, 0.4) is 0 Å². The van der Waals surface area contributed by atoms with Crippen molar-refractivity contribution in [2.24, 2.45) is 10.9 Å². The average molecular weight is 706 g/mol. The number of allylic oxidation sites excluding steroid dienone is 2. The predicted molar refractivity (Wildman–Crippen MR) is 180 cm³/mol. The number of amides is 3. The highest BCUT2D eigenvalue weighted by Gasteiger charge is 2.49. The van der Waals surface area contributed by atoms with Crippen LogP contribution in [0.2, 0.25) is 0 Å². The molecule has 2 fully saturated rings. The van der Waals surface area contributed by atoms with Crippen molar-refractivity contribution >= 4 is 61.6 Å². The smallest absolute Gasteiger partial charge is 0.405 e. The van der Waals surface area contributed by atoms with E-state index in [1.807, 2.05) is 12.1 Å². The fourth-order valence-electron chi connectivity index (χ4n) is 6.88. The quantitative estimate of drug-likeness (QED) is 0.314. The Morgan fingerprint density at radius 1 is 0.980 bits per heavy atom. The fraction of sp³-hybridized carbons (Fsp3) is 0.429. The number of ketones is 1. The Labute approximate surface area is 287 Å². The number of carboxylic acid groups (broad SMARTS) is 1. The molecular weight excluding hydrogens is 669 g/mol. The highest BCUT2D eigenvalue weighted by molar-refractivity contribution is 7.90. The first-order valence-corrected chi connectivity index (χ1v) is 18.3. The third-order valence-electron chi connectivity index (χ3n) is 9.74. The maximum atomic E-state index is 14.7. The Hall–Kier alpha value is -4.92. The van der Waals surface area contributed by atoms with Gasteiger partial charge in [0, 0.05) is 48.4 Å². The summed E-state index contributed by atoms with van der Waals surface area (Å²) in [5.41, 5.74) is 2.39. The van der Waals surface area contributed by atoms with Gasteiger partial charge in [-0.1, -0.05) is 30.7 Å². The SMILES string of the molecule is O=C(O)N[C@H]1CCCCC2=C(C2)N=C[C@@H]2[C@H](C(=O)NS(=O)(=O)C3CC3)CC(=O)N2C(Oc2nc3ccccc3c3ccc(F)cc23)CCC1=O. The van der Waals surface area contributed by atoms with Crippen LogP contribution < -0.4 is 14.8 Å². The van der Waals surface area contributed by atoms with Gasteiger partial charge in [-0.25, -0.2) is 22.6 Å². The third kappa shape index (κ3) is 7.04. The van der Waals surface area contributed by atoms with Crippen LogP contribution in [-0.2, 0) is 24.4 Å². The molecule has 4 aliphatic rings. The second kappa shape index (κ2) is 13.4. The van der Waals surface area contributed by atoms with E-state index in [1.165, 1.54) is 23.2 Å². The molecule has 0 radical (unpaired) electrons. The summed E-state index contributed by atoms with van der Waals surface area (Å²) in [6.45, 7) is 0. The van der Waals surface area contributed by atoms with Gasteiger partial charge in [0.05, 0.1) is 28.8 Å². The molecule has 0 bridgehead atoms. The molecular formula is C35H36FN5O8S. The van der Waals surface area contributed by atoms with Crippen molar-refractivity contribution in [2.75, 3.05) is 0 Å². The summed E-state index contributed by atoms with van der Waals surface area (Å²) in [5, 5.41) is 12.8. The molecule has 1 saturated heterocycles. The van der Waals surface area contributed by atoms with Crippen LogP contribution in [0.15, 0.2) is 58.7 Å². The number of sulfonamides is 1. The van der Waals surface area contributed by atoms with E-state index >= 15 is 0 Å². The van der Waals surface area contributed by atoms with Gasteiger partial charge in [0.15, 0.2) is 12.0 Å². The lowest BCUT2D eigenvalue weighted by Crippen LogP contribution is -2.50. The van der Waals surface area contributed by atoms with Crippen molar-refractivity contribution < 1.29 is 41.8 Å². The first-order chi connectivity index (χ1) is 24.0. The highest BCUT2D eigenvalue weighted by atomic mass is 32.2. The number of para-hydroxylation sites is 1. The van der Waals surface area contributed by atoms with Gasteiger partial charge in [0.25, 0.3) is 0 Å². The van der Waals surface area contributed by atoms with Crippen LogP contribution in [0.5, 0.6) is 5.88 Å². The average Bonchev–Trinajstić information content (AvgIpc) is 4.01. The summed E-state index contributed by atoms with van der Waals surface area (Å²) in [6.07, 6.45) is 1.93. The number of nitrogens with zero attached hydrogens (tertiary/aromatic N) is 3. The number of pyridine rings is 1. The van der Waals surface area contributed by atoms with Crippen molar-refractivity contribution in [3.63, 3.8) is 0 Å². The van der Waals surface area contributed by atoms with E-state index in [0.717, 1.165) is 16.7 Å². The molecule has 3 aromatic rings. The largest absolute Gasteiger partial charge is 0.465 e. The highest BCUT2D eigenvalue weighted by Crippen LogP contribution is 2.39. The minimum atomic E-state index is -3.93. The van der Waals surface area contributed by atoms with Gasteiger partial charge in [-0.05, 0) is 61.3 Å². The number of hydrogen-bond donors (Lipinski definition) is 3. The summed E-state index contributed by atoms with van der Waals surface area (Å²) in [4.78, 5) is 63.2. The maximum absolute atomic E-state index is 14.7. The zero-order valence-electron chi connectivity index (χ0n) is 27.0. The Morgan fingerprint density at radius 2 is 1.78 bits per heavy atom. The lowest BCUT2D eigenvalue weighted by molar-refractivity contribution is -0.137. The van der Waals surface area contributed by atoms with Crippen molar-refractivity contribution in [1.82, 2.24) is 19.9 Å². The lowest BCUT2D eigenvalue weighted by Gasteiger charge is -2.33. The van der Waals surface area contributed by atoms with Crippen LogP contribution >= 0.6 is 0 Å². The van der Waals surface area contributed by atoms with Crippen LogP contribution in [-0.4, -0.2) is 76.9 Å². The van der Waals surface area contributed by atoms with E-state index in [9.17, 15) is 37.1 Å². The topological polar surface area (TPSA) is 184 Å². The first kappa shape index (κ1) is 33.6. The lowest BCUT2D eigenvalue weighted by atomic mass is 9.99. The number of Topliss-reactive ketones (excluding diaryl/α,β-unsaturated/α-hetero) is 1. The van der Waals surface area contributed by atoms with Crippen molar-refractivity contribution in [3.05, 3.63) is 59.6 Å². The molecule has 3 heterocycles. The van der Waals surface area contributed by atoms with Crippen LogP contribution in [0, 0.1) is 11.7 Å². The maximum Gasteiger partial charge on any atom is 0.405 e. The van der Waals surface area contributed by atoms with Crippen LogP contribution in [0.1, 0.15) is 64.2 Å². The summed E-state index contributed by atoms with van der Waals surface area (Å²) < 4.78 is 48.9. The Bertz CT molecular complexity index is 2080. The van der Waals surface area contributed by atoms with Crippen LogP contribution in [0.25, 0.3) is 21.7 Å². The normalized spacial score (nSPS) is 24.7. The number of ether oxygens (including phenoxy) is 1. The zero-order chi connectivity index (χ0) is 35.2. The summed E-state index contributed by atoms with van der Waals surface area (Å²) in [6, 6.07) is 9.31. The van der Waals surface area contributed by atoms with Gasteiger partial charge < -0.3 is 15.2 Å². The number of halogens is 1. The minimum Gasteiger partial charge on any atom is -0.465 e. The van der Waals surface area contributed by atoms with E-state index in [1.54, 1.807) is 18.2 Å². The Kier molecular flexibility index (Phi) is 9.01. The Balaban J connectivity index is 1.30. The van der Waals surface area contributed by atoms with Gasteiger partial charge in [0.1, 0.15) is 5.82 Å². The van der Waals surface area contributed by atoms with Gasteiger partial charge in [0.2, 0.25) is 27.7 Å². The van der Waals surface area contributed by atoms with E-state index in [-0.39, 0.29) is 31.6 Å². The van der Waals surface area contributed by atoms with Gasteiger partial charge in [-0.15, -0.1) is 0 Å². The minimum absolute atomic E-state index is 0.0198. The van der Waals surface area contributed by atoms with E-state index < -0.39 is 69.0 Å². The molecule has 1 saturated carbocycles. The molecule has 50 heavy (non-hydrogen) atoms. The molecule has 2 aromatic carbocycles. The van der Waals surface area contributed by atoms with Crippen molar-refractivity contribution in [2.45, 2.75) is 87.8 Å². The number of hydrogen-bond acceptors (Lipinski definition) is 9. The number of fused-ring (bicyclic) bond motifs is 4. The molecule has 1 aromatic heterocycles. The van der Waals surface area contributed by atoms with E-state index in [2.05, 4.69) is 20.0 Å². The number of aliphatic imine (C=N–C) groups is 1. The van der Waals surface area contributed by atoms with Crippen molar-refractivity contribution in [1.29, 1.82) is 0 Å². The zero-order valence-corrected chi connectivity index (χ0v) is 27.8. The molecule has 2 aliphatic carbocycles. The molecule has 0 spiro atoms. The second-order valence-corrected chi connectivity index (χ2v) is 15.2. The van der Waals surface area contributed by atoms with Crippen molar-refractivity contribution in [3.8, 4) is 5.88 Å². The molecule has 3 N–H and O–H groups in total. The number of carbonyl (C=O) groups excluding carboxylic acids is 3. The number of aromatic nitrogens is 1. The second-order valence-electron chi connectivity index (χ2n) is 13.3. The summed E-state index contributed by atoms with van der Waals surface area (Å²) >= 11 is 0. The Morgan fingerprint density at radius 3 is 2.56 bits per heavy atom. The molecule has 4 atom stereocenters. The number of benzene rings is 2.